The monoisotopic (exact) mass is 508 g/mol. The highest BCUT2D eigenvalue weighted by atomic mass is 35.5. The highest BCUT2D eigenvalue weighted by Crippen LogP contribution is 2.33. The number of benzene rings is 3. The summed E-state index contributed by atoms with van der Waals surface area (Å²) >= 11 is 12.7. The molecule has 35 heavy (non-hydrogen) atoms. The Morgan fingerprint density at radius 1 is 1.00 bits per heavy atom. The van der Waals surface area contributed by atoms with Gasteiger partial charge in [0.15, 0.2) is 0 Å². The summed E-state index contributed by atoms with van der Waals surface area (Å²) in [5.41, 5.74) is 4.57. The maximum absolute atomic E-state index is 11.1. The summed E-state index contributed by atoms with van der Waals surface area (Å²) < 4.78 is 7.21. The van der Waals surface area contributed by atoms with Crippen molar-refractivity contribution in [2.45, 2.75) is 45.1 Å². The van der Waals surface area contributed by atoms with Gasteiger partial charge in [0.05, 0.1) is 21.1 Å². The molecule has 1 aliphatic rings. The number of fused-ring (bicyclic) bond motifs is 1. The first-order chi connectivity index (χ1) is 17.0. The minimum absolute atomic E-state index is 0.314. The predicted molar refractivity (Wildman–Crippen MR) is 140 cm³/mol. The molecule has 0 radical (unpaired) electrons. The molecule has 0 atom stereocenters. The molecule has 5 nitrogen and oxygen atoms in total. The molecule has 1 fully saturated rings. The van der Waals surface area contributed by atoms with Crippen molar-refractivity contribution in [2.24, 2.45) is 5.92 Å². The van der Waals surface area contributed by atoms with E-state index in [0.29, 0.717) is 28.3 Å². The molecule has 180 valence electrons. The van der Waals surface area contributed by atoms with Crippen molar-refractivity contribution in [1.82, 2.24) is 9.55 Å². The Hall–Kier alpha value is -3.02. The van der Waals surface area contributed by atoms with Crippen molar-refractivity contribution in [1.29, 1.82) is 0 Å². The molecule has 0 spiro atoms. The molecule has 1 aliphatic carbocycles. The minimum Gasteiger partial charge on any atom is -0.449 e. The molecule has 0 amide bonds. The zero-order chi connectivity index (χ0) is 24.4. The van der Waals surface area contributed by atoms with Crippen LogP contribution in [0, 0.1) is 5.92 Å². The van der Waals surface area contributed by atoms with Gasteiger partial charge in [0.25, 0.3) is 0 Å². The summed E-state index contributed by atoms with van der Waals surface area (Å²) in [7, 11) is 0. The molecule has 0 saturated heterocycles. The van der Waals surface area contributed by atoms with Gasteiger partial charge in [-0.1, -0.05) is 97.8 Å². The Labute approximate surface area is 214 Å². The number of aromatic nitrogens is 2. The minimum atomic E-state index is -1.33. The fourth-order valence-corrected chi connectivity index (χ4v) is 5.33. The first kappa shape index (κ1) is 23.7. The number of para-hydroxylation sites is 1. The molecular formula is C28H26Cl2N2O3. The van der Waals surface area contributed by atoms with E-state index in [4.69, 9.17) is 38.0 Å². The number of carbonyl (C=O) groups is 1. The first-order valence-electron chi connectivity index (χ1n) is 11.9. The van der Waals surface area contributed by atoms with Gasteiger partial charge in [-0.2, -0.15) is 0 Å². The molecule has 0 aliphatic heterocycles. The van der Waals surface area contributed by atoms with Crippen LogP contribution in [0.1, 0.15) is 43.5 Å². The Kier molecular flexibility index (Phi) is 6.98. The van der Waals surface area contributed by atoms with Crippen LogP contribution in [0.5, 0.6) is 5.75 Å². The van der Waals surface area contributed by atoms with Gasteiger partial charge in [-0.3, -0.25) is 0 Å². The number of nitrogens with zero attached hydrogens (tertiary/aromatic N) is 2. The van der Waals surface area contributed by atoms with Crippen molar-refractivity contribution < 1.29 is 14.6 Å². The summed E-state index contributed by atoms with van der Waals surface area (Å²) in [4.78, 5) is 16.0. The van der Waals surface area contributed by atoms with Crippen LogP contribution in [0.4, 0.5) is 4.79 Å². The SMILES string of the molecule is O=C(O)Oc1ccccc1-c1ccc(Cn2c(CC3CCCCC3)nc3cc(Cl)c(Cl)cc32)cc1. The van der Waals surface area contributed by atoms with Crippen LogP contribution < -0.4 is 4.74 Å². The normalized spacial score (nSPS) is 14.3. The van der Waals surface area contributed by atoms with E-state index >= 15 is 0 Å². The summed E-state index contributed by atoms with van der Waals surface area (Å²) in [5, 5.41) is 10.1. The van der Waals surface area contributed by atoms with Crippen LogP contribution in [-0.2, 0) is 13.0 Å². The van der Waals surface area contributed by atoms with Crippen molar-refractivity contribution in [3.05, 3.63) is 82.1 Å². The predicted octanol–water partition coefficient (Wildman–Crippen LogP) is 8.24. The van der Waals surface area contributed by atoms with E-state index in [0.717, 1.165) is 40.0 Å². The average Bonchev–Trinajstić information content (AvgIpc) is 3.16. The standard InChI is InChI=1S/C28H26Cl2N2O3/c29-22-15-24-25(16-23(22)30)32(27(31-24)14-18-6-2-1-3-7-18)17-19-10-12-20(13-11-19)21-8-4-5-9-26(21)35-28(33)34/h4-5,8-13,15-16,18H,1-3,6-7,14,17H2,(H,33,34). The second-order valence-electron chi connectivity index (χ2n) is 9.14. The summed E-state index contributed by atoms with van der Waals surface area (Å²) in [5.74, 6) is 2.03. The summed E-state index contributed by atoms with van der Waals surface area (Å²) in [6.45, 7) is 0.657. The number of carboxylic acid groups (broad SMARTS) is 1. The number of ether oxygens (including phenoxy) is 1. The van der Waals surface area contributed by atoms with Crippen LogP contribution in [0.25, 0.3) is 22.2 Å². The topological polar surface area (TPSA) is 64.3 Å². The van der Waals surface area contributed by atoms with Crippen LogP contribution in [-0.4, -0.2) is 20.8 Å². The fraction of sp³-hybridized carbons (Fsp3) is 0.286. The van der Waals surface area contributed by atoms with E-state index in [1.165, 1.54) is 32.1 Å². The zero-order valence-corrected chi connectivity index (χ0v) is 20.7. The third-order valence-electron chi connectivity index (χ3n) is 6.76. The van der Waals surface area contributed by atoms with E-state index < -0.39 is 6.16 Å². The molecule has 4 aromatic rings. The van der Waals surface area contributed by atoms with E-state index in [1.807, 2.05) is 36.4 Å². The Bertz CT molecular complexity index is 1360. The largest absolute Gasteiger partial charge is 0.511 e. The molecule has 1 N–H and O–H groups in total. The van der Waals surface area contributed by atoms with Crippen molar-refractivity contribution >= 4 is 40.4 Å². The highest BCUT2D eigenvalue weighted by Gasteiger charge is 2.20. The quantitative estimate of drug-likeness (QED) is 0.210. The maximum Gasteiger partial charge on any atom is 0.511 e. The van der Waals surface area contributed by atoms with Crippen LogP contribution in [0.2, 0.25) is 10.0 Å². The zero-order valence-electron chi connectivity index (χ0n) is 19.2. The van der Waals surface area contributed by atoms with Gasteiger partial charge in [-0.05, 0) is 35.2 Å². The van der Waals surface area contributed by atoms with Crippen LogP contribution >= 0.6 is 23.2 Å². The van der Waals surface area contributed by atoms with Crippen LogP contribution in [0.3, 0.4) is 0 Å². The number of hydrogen-bond acceptors (Lipinski definition) is 3. The van der Waals surface area contributed by atoms with Crippen molar-refractivity contribution in [3.8, 4) is 16.9 Å². The van der Waals surface area contributed by atoms with Gasteiger partial charge >= 0.3 is 6.16 Å². The molecule has 1 aromatic heterocycles. The summed E-state index contributed by atoms with van der Waals surface area (Å²) in [6, 6.07) is 19.0. The molecule has 7 heteroatoms. The second-order valence-corrected chi connectivity index (χ2v) is 9.95. The van der Waals surface area contributed by atoms with E-state index in [2.05, 4.69) is 16.7 Å². The Balaban J connectivity index is 1.46. The molecule has 0 unspecified atom stereocenters. The number of hydrogen-bond donors (Lipinski definition) is 1. The van der Waals surface area contributed by atoms with E-state index in [1.54, 1.807) is 12.1 Å². The lowest BCUT2D eigenvalue weighted by Gasteiger charge is -2.21. The molecular weight excluding hydrogens is 483 g/mol. The lowest BCUT2D eigenvalue weighted by molar-refractivity contribution is 0.144. The Morgan fingerprint density at radius 3 is 2.46 bits per heavy atom. The number of halogens is 2. The lowest BCUT2D eigenvalue weighted by Crippen LogP contribution is -2.14. The second kappa shape index (κ2) is 10.3. The van der Waals surface area contributed by atoms with Crippen LogP contribution in [0.15, 0.2) is 60.7 Å². The summed E-state index contributed by atoms with van der Waals surface area (Å²) in [6.07, 6.45) is 6.01. The van der Waals surface area contributed by atoms with Gasteiger partial charge < -0.3 is 14.4 Å². The van der Waals surface area contributed by atoms with Gasteiger partial charge in [0.2, 0.25) is 0 Å². The van der Waals surface area contributed by atoms with Gasteiger partial charge in [-0.15, -0.1) is 0 Å². The lowest BCUT2D eigenvalue weighted by atomic mass is 9.87. The number of imidazole rings is 1. The smallest absolute Gasteiger partial charge is 0.449 e. The van der Waals surface area contributed by atoms with Crippen molar-refractivity contribution in [2.75, 3.05) is 0 Å². The first-order valence-corrected chi connectivity index (χ1v) is 12.7. The molecule has 0 bridgehead atoms. The Morgan fingerprint density at radius 2 is 1.71 bits per heavy atom. The molecule has 5 rings (SSSR count). The van der Waals surface area contributed by atoms with Gasteiger partial charge in [0.1, 0.15) is 11.6 Å². The molecule has 1 saturated carbocycles. The van der Waals surface area contributed by atoms with E-state index in [9.17, 15) is 4.79 Å². The molecule has 3 aromatic carbocycles. The van der Waals surface area contributed by atoms with Crippen molar-refractivity contribution in [3.63, 3.8) is 0 Å². The van der Waals surface area contributed by atoms with E-state index in [-0.39, 0.29) is 0 Å². The molecule has 1 heterocycles. The average molecular weight is 509 g/mol. The fourth-order valence-electron chi connectivity index (χ4n) is 5.01. The highest BCUT2D eigenvalue weighted by molar-refractivity contribution is 6.42. The third-order valence-corrected chi connectivity index (χ3v) is 7.48. The number of rotatable bonds is 6. The third kappa shape index (κ3) is 5.31. The maximum atomic E-state index is 11.1. The van der Waals surface area contributed by atoms with Gasteiger partial charge in [-0.25, -0.2) is 9.78 Å². The van der Waals surface area contributed by atoms with Gasteiger partial charge in [0, 0.05) is 18.5 Å².